The maximum Gasteiger partial charge on any atom is 0.321 e. The Bertz CT molecular complexity index is 598. The number of methoxy groups -OCH3 is 1. The summed E-state index contributed by atoms with van der Waals surface area (Å²) in [6.45, 7) is 8.92. The van der Waals surface area contributed by atoms with Crippen molar-refractivity contribution in [2.45, 2.75) is 32.9 Å². The second kappa shape index (κ2) is 8.71. The summed E-state index contributed by atoms with van der Waals surface area (Å²) in [5.41, 5.74) is 1.08. The molecule has 0 bridgehead atoms. The van der Waals surface area contributed by atoms with Crippen molar-refractivity contribution in [3.8, 4) is 5.75 Å². The fourth-order valence-electron chi connectivity index (χ4n) is 3.06. The molecule has 1 aromatic rings. The first-order valence-electron chi connectivity index (χ1n) is 8.76. The molecule has 2 rings (SSSR count). The van der Waals surface area contributed by atoms with Crippen LogP contribution in [0.1, 0.15) is 20.8 Å². The van der Waals surface area contributed by atoms with Gasteiger partial charge in [0, 0.05) is 6.04 Å². The number of para-hydroxylation sites is 2. The van der Waals surface area contributed by atoms with E-state index in [2.05, 4.69) is 21.6 Å². The fourth-order valence-corrected chi connectivity index (χ4v) is 3.06. The van der Waals surface area contributed by atoms with E-state index < -0.39 is 6.03 Å². The van der Waals surface area contributed by atoms with E-state index >= 15 is 0 Å². The summed E-state index contributed by atoms with van der Waals surface area (Å²) in [5, 5.41) is 5.10. The third-order valence-electron chi connectivity index (χ3n) is 4.49. The number of hydrogen-bond acceptors (Lipinski definition) is 4. The van der Waals surface area contributed by atoms with Crippen molar-refractivity contribution in [1.82, 2.24) is 10.6 Å². The molecule has 1 atom stereocenters. The number of benzene rings is 1. The van der Waals surface area contributed by atoms with Crippen LogP contribution in [0.2, 0.25) is 0 Å². The minimum absolute atomic E-state index is 0.000138. The SMILES string of the molecule is COc1ccccc1N1CC[NH+]([C@@H](C)C(=O)NC(=O)NC(C)C)CC1. The smallest absolute Gasteiger partial charge is 0.321 e. The highest BCUT2D eigenvalue weighted by molar-refractivity contribution is 5.96. The van der Waals surface area contributed by atoms with Gasteiger partial charge in [-0.05, 0) is 32.9 Å². The normalized spacial score (nSPS) is 16.4. The van der Waals surface area contributed by atoms with Crippen LogP contribution in [-0.4, -0.2) is 57.3 Å². The number of urea groups is 1. The highest BCUT2D eigenvalue weighted by Gasteiger charge is 2.30. The first kappa shape index (κ1) is 19.1. The lowest BCUT2D eigenvalue weighted by atomic mass is 10.2. The molecule has 0 aliphatic carbocycles. The number of amides is 3. The molecule has 1 saturated heterocycles. The Morgan fingerprint density at radius 1 is 1.16 bits per heavy atom. The summed E-state index contributed by atoms with van der Waals surface area (Å²) >= 11 is 0. The number of ether oxygens (including phenoxy) is 1. The van der Waals surface area contributed by atoms with Crippen molar-refractivity contribution < 1.29 is 19.2 Å². The number of anilines is 1. The number of carbonyl (C=O) groups excluding carboxylic acids is 2. The number of hydrogen-bond donors (Lipinski definition) is 3. The molecule has 0 unspecified atom stereocenters. The van der Waals surface area contributed by atoms with Gasteiger partial charge in [-0.1, -0.05) is 12.1 Å². The molecule has 138 valence electrons. The molecule has 1 aliphatic rings. The maximum atomic E-state index is 12.3. The molecule has 25 heavy (non-hydrogen) atoms. The van der Waals surface area contributed by atoms with E-state index in [1.165, 1.54) is 4.90 Å². The van der Waals surface area contributed by atoms with Gasteiger partial charge >= 0.3 is 6.03 Å². The molecule has 7 nitrogen and oxygen atoms in total. The van der Waals surface area contributed by atoms with Crippen LogP contribution < -0.4 is 25.2 Å². The molecule has 3 N–H and O–H groups in total. The third-order valence-corrected chi connectivity index (χ3v) is 4.49. The zero-order valence-electron chi connectivity index (χ0n) is 15.5. The van der Waals surface area contributed by atoms with Crippen LogP contribution in [0.3, 0.4) is 0 Å². The van der Waals surface area contributed by atoms with E-state index in [9.17, 15) is 9.59 Å². The maximum absolute atomic E-state index is 12.3. The molecule has 0 aromatic heterocycles. The van der Waals surface area contributed by atoms with Crippen LogP contribution in [0.25, 0.3) is 0 Å². The van der Waals surface area contributed by atoms with Gasteiger partial charge in [0.25, 0.3) is 5.91 Å². The third kappa shape index (κ3) is 5.09. The first-order chi connectivity index (χ1) is 11.9. The van der Waals surface area contributed by atoms with Crippen molar-refractivity contribution in [2.75, 3.05) is 38.2 Å². The Morgan fingerprint density at radius 2 is 1.80 bits per heavy atom. The molecule has 1 aliphatic heterocycles. The second-order valence-electron chi connectivity index (χ2n) is 6.66. The van der Waals surface area contributed by atoms with Gasteiger partial charge in [0.05, 0.1) is 39.0 Å². The van der Waals surface area contributed by atoms with Crippen molar-refractivity contribution in [1.29, 1.82) is 0 Å². The minimum atomic E-state index is -0.432. The molecule has 7 heteroatoms. The van der Waals surface area contributed by atoms with Gasteiger partial charge < -0.3 is 19.9 Å². The topological polar surface area (TPSA) is 75.1 Å². The Labute approximate surface area is 149 Å². The molecule has 0 saturated carbocycles. The zero-order chi connectivity index (χ0) is 18.4. The van der Waals surface area contributed by atoms with Crippen LogP contribution in [-0.2, 0) is 4.79 Å². The van der Waals surface area contributed by atoms with Crippen LogP contribution in [0.4, 0.5) is 10.5 Å². The largest absolute Gasteiger partial charge is 0.495 e. The van der Waals surface area contributed by atoms with E-state index in [4.69, 9.17) is 4.74 Å². The number of imide groups is 1. The van der Waals surface area contributed by atoms with Crippen molar-refractivity contribution in [3.05, 3.63) is 24.3 Å². The van der Waals surface area contributed by atoms with Gasteiger partial charge in [0.1, 0.15) is 5.75 Å². The molecule has 1 fully saturated rings. The van der Waals surface area contributed by atoms with Gasteiger partial charge in [0.2, 0.25) is 0 Å². The van der Waals surface area contributed by atoms with Crippen LogP contribution in [0.15, 0.2) is 24.3 Å². The lowest BCUT2D eigenvalue weighted by molar-refractivity contribution is -0.914. The van der Waals surface area contributed by atoms with Gasteiger partial charge in [-0.3, -0.25) is 10.1 Å². The van der Waals surface area contributed by atoms with Crippen molar-refractivity contribution in [2.24, 2.45) is 0 Å². The highest BCUT2D eigenvalue weighted by Crippen LogP contribution is 2.27. The first-order valence-corrected chi connectivity index (χ1v) is 8.76. The van der Waals surface area contributed by atoms with E-state index in [-0.39, 0.29) is 18.0 Å². The molecule has 1 aromatic carbocycles. The number of quaternary nitrogens is 1. The number of nitrogens with zero attached hydrogens (tertiary/aromatic N) is 1. The van der Waals surface area contributed by atoms with Gasteiger partial charge in [-0.2, -0.15) is 0 Å². The number of piperazine rings is 1. The van der Waals surface area contributed by atoms with Crippen LogP contribution >= 0.6 is 0 Å². The van der Waals surface area contributed by atoms with Crippen LogP contribution in [0, 0.1) is 0 Å². The van der Waals surface area contributed by atoms with Crippen molar-refractivity contribution >= 4 is 17.6 Å². The van der Waals surface area contributed by atoms with Crippen LogP contribution in [0.5, 0.6) is 5.75 Å². The number of rotatable bonds is 5. The fraction of sp³-hybridized carbons (Fsp3) is 0.556. The summed E-state index contributed by atoms with van der Waals surface area (Å²) in [7, 11) is 1.68. The van der Waals surface area contributed by atoms with E-state index in [1.54, 1.807) is 7.11 Å². The average molecular weight is 349 g/mol. The highest BCUT2D eigenvalue weighted by atomic mass is 16.5. The van der Waals surface area contributed by atoms with E-state index in [0.29, 0.717) is 0 Å². The Morgan fingerprint density at radius 3 is 2.40 bits per heavy atom. The van der Waals surface area contributed by atoms with E-state index in [1.807, 2.05) is 39.0 Å². The summed E-state index contributed by atoms with van der Waals surface area (Å²) in [6.07, 6.45) is 0. The molecular weight excluding hydrogens is 320 g/mol. The monoisotopic (exact) mass is 349 g/mol. The lowest BCUT2D eigenvalue weighted by Gasteiger charge is -2.36. The van der Waals surface area contributed by atoms with E-state index in [0.717, 1.165) is 37.6 Å². The Balaban J connectivity index is 1.88. The zero-order valence-corrected chi connectivity index (χ0v) is 15.5. The van der Waals surface area contributed by atoms with Crippen molar-refractivity contribution in [3.63, 3.8) is 0 Å². The summed E-state index contributed by atoms with van der Waals surface area (Å²) in [4.78, 5) is 27.4. The van der Waals surface area contributed by atoms with Gasteiger partial charge in [-0.15, -0.1) is 0 Å². The molecule has 0 radical (unpaired) electrons. The van der Waals surface area contributed by atoms with Gasteiger partial charge in [0.15, 0.2) is 6.04 Å². The predicted molar refractivity (Wildman–Crippen MR) is 97.2 cm³/mol. The molecule has 0 spiro atoms. The number of nitrogens with one attached hydrogen (secondary N) is 3. The minimum Gasteiger partial charge on any atom is -0.495 e. The standard InChI is InChI=1S/C18H28N4O3/c1-13(2)19-18(24)20-17(23)14(3)21-9-11-22(12-10-21)15-7-5-6-8-16(15)25-4/h5-8,13-14H,9-12H2,1-4H3,(H2,19,20,23,24)/p+1/t14-/m0/s1. The quantitative estimate of drug-likeness (QED) is 0.701. The molecule has 1 heterocycles. The average Bonchev–Trinajstić information content (AvgIpc) is 2.60. The Kier molecular flexibility index (Phi) is 6.64. The second-order valence-corrected chi connectivity index (χ2v) is 6.66. The lowest BCUT2D eigenvalue weighted by Crippen LogP contribution is -3.19. The summed E-state index contributed by atoms with van der Waals surface area (Å²) in [5.74, 6) is 0.626. The summed E-state index contributed by atoms with van der Waals surface area (Å²) in [6, 6.07) is 7.27. The Hall–Kier alpha value is -2.28. The summed E-state index contributed by atoms with van der Waals surface area (Å²) < 4.78 is 5.43. The van der Waals surface area contributed by atoms with Gasteiger partial charge in [-0.25, -0.2) is 4.79 Å². The molecule has 3 amide bonds. The molecular formula is C18H29N4O3+. The number of carbonyl (C=O) groups is 2. The predicted octanol–water partition coefficient (Wildman–Crippen LogP) is 0.0228.